The molecule has 0 atom stereocenters. The van der Waals surface area contributed by atoms with Gasteiger partial charge in [0.25, 0.3) is 0 Å². The van der Waals surface area contributed by atoms with Crippen LogP contribution in [0.3, 0.4) is 0 Å². The summed E-state index contributed by atoms with van der Waals surface area (Å²) < 4.78 is 6.95. The van der Waals surface area contributed by atoms with Crippen molar-refractivity contribution >= 4 is 45.8 Å². The molecule has 0 fully saturated rings. The van der Waals surface area contributed by atoms with Gasteiger partial charge >= 0.3 is 5.97 Å². The van der Waals surface area contributed by atoms with Crippen molar-refractivity contribution in [3.05, 3.63) is 132 Å². The Labute approximate surface area is 211 Å². The molecule has 0 N–H and O–H groups in total. The lowest BCUT2D eigenvalue weighted by atomic mass is 9.80. The molecule has 35 heavy (non-hydrogen) atoms. The molecule has 172 valence electrons. The van der Waals surface area contributed by atoms with Crippen LogP contribution in [0.4, 0.5) is 0 Å². The number of aromatic nitrogens is 1. The van der Waals surface area contributed by atoms with E-state index in [1.807, 2.05) is 115 Å². The fraction of sp³-hybridized carbons (Fsp3) is 0.0357. The summed E-state index contributed by atoms with van der Waals surface area (Å²) in [7, 11) is 0. The summed E-state index contributed by atoms with van der Waals surface area (Å²) in [5, 5.41) is 4.10. The van der Waals surface area contributed by atoms with Gasteiger partial charge in [-0.3, -0.25) is 0 Å². The summed E-state index contributed by atoms with van der Waals surface area (Å²) in [6.07, 6.45) is 1.05. The summed E-state index contributed by atoms with van der Waals surface area (Å²) in [5.41, 5.74) is 2.46. The predicted octanol–water partition coefficient (Wildman–Crippen LogP) is 6.84. The van der Waals surface area contributed by atoms with Gasteiger partial charge in [0.2, 0.25) is 5.60 Å². The Balaban J connectivity index is 1.41. The first-order valence-electron chi connectivity index (χ1n) is 10.9. The topological polar surface area (TPSA) is 60.8 Å². The summed E-state index contributed by atoms with van der Waals surface area (Å²) in [4.78, 5) is 23.1. The van der Waals surface area contributed by atoms with E-state index in [9.17, 15) is 4.79 Å². The molecule has 4 aromatic carbocycles. The zero-order chi connectivity index (χ0) is 23.9. The van der Waals surface area contributed by atoms with Gasteiger partial charge in [0, 0.05) is 16.7 Å². The highest BCUT2D eigenvalue weighted by Gasteiger charge is 2.39. The van der Waals surface area contributed by atoms with Gasteiger partial charge in [0.05, 0.1) is 10.2 Å². The second-order valence-electron chi connectivity index (χ2n) is 7.54. The SMILES string of the molecule is O=C(C=NOC(c1ccccc1)(c1ccccc1)c1ccccc1)OSc1nc2ccccc2s1. The maximum Gasteiger partial charge on any atom is 0.365 e. The third kappa shape index (κ3) is 4.96. The van der Waals surface area contributed by atoms with Crippen molar-refractivity contribution in [1.29, 1.82) is 0 Å². The highest BCUT2D eigenvalue weighted by atomic mass is 32.2. The first-order chi connectivity index (χ1) is 17.3. The van der Waals surface area contributed by atoms with E-state index < -0.39 is 11.6 Å². The number of para-hydroxylation sites is 1. The molecule has 0 saturated carbocycles. The monoisotopic (exact) mass is 496 g/mol. The predicted molar refractivity (Wildman–Crippen MR) is 140 cm³/mol. The van der Waals surface area contributed by atoms with E-state index >= 15 is 0 Å². The van der Waals surface area contributed by atoms with Crippen molar-refractivity contribution in [3.8, 4) is 0 Å². The fourth-order valence-electron chi connectivity index (χ4n) is 3.81. The molecule has 7 heteroatoms. The Morgan fingerprint density at radius 2 is 1.29 bits per heavy atom. The van der Waals surface area contributed by atoms with Gasteiger partial charge in [-0.05, 0) is 12.1 Å². The first kappa shape index (κ1) is 22.8. The van der Waals surface area contributed by atoms with Gasteiger partial charge < -0.3 is 9.02 Å². The van der Waals surface area contributed by atoms with Crippen LogP contribution in [-0.2, 0) is 19.4 Å². The van der Waals surface area contributed by atoms with Crippen molar-refractivity contribution in [2.24, 2.45) is 5.16 Å². The zero-order valence-electron chi connectivity index (χ0n) is 18.5. The second kappa shape index (κ2) is 10.5. The van der Waals surface area contributed by atoms with Crippen LogP contribution in [0.5, 0.6) is 0 Å². The lowest BCUT2D eigenvalue weighted by Crippen LogP contribution is -2.31. The highest BCUT2D eigenvalue weighted by molar-refractivity contribution is 7.97. The minimum absolute atomic E-state index is 0.640. The molecule has 0 saturated heterocycles. The Bertz CT molecular complexity index is 1310. The van der Waals surface area contributed by atoms with Crippen LogP contribution in [-0.4, -0.2) is 17.2 Å². The van der Waals surface area contributed by atoms with Crippen molar-refractivity contribution in [2.45, 2.75) is 9.94 Å². The van der Waals surface area contributed by atoms with Gasteiger partial charge in [-0.1, -0.05) is 108 Å². The molecule has 0 amide bonds. The highest BCUT2D eigenvalue weighted by Crippen LogP contribution is 2.40. The number of rotatable bonds is 8. The molecule has 0 aliphatic carbocycles. The van der Waals surface area contributed by atoms with E-state index in [0.717, 1.165) is 45.2 Å². The molecule has 0 aliphatic heterocycles. The van der Waals surface area contributed by atoms with E-state index in [1.54, 1.807) is 0 Å². The molecule has 5 nitrogen and oxygen atoms in total. The standard InChI is InChI=1S/C28H20N2O3S2/c31-26(32-35-27-30-24-18-10-11-19-25(24)34-27)20-29-33-28(21-12-4-1-5-13-21,22-14-6-2-7-15-22)23-16-8-3-9-17-23/h1-20H. The summed E-state index contributed by atoms with van der Waals surface area (Å²) in [6.45, 7) is 0. The molecular weight excluding hydrogens is 476 g/mol. The third-order valence-corrected chi connectivity index (χ3v) is 7.12. The molecular formula is C28H20N2O3S2. The van der Waals surface area contributed by atoms with Crippen LogP contribution in [0.2, 0.25) is 0 Å². The van der Waals surface area contributed by atoms with E-state index in [4.69, 9.17) is 9.02 Å². The summed E-state index contributed by atoms with van der Waals surface area (Å²) >= 11 is 2.37. The van der Waals surface area contributed by atoms with Gasteiger partial charge in [-0.2, -0.15) is 0 Å². The lowest BCUT2D eigenvalue weighted by molar-refractivity contribution is -0.125. The van der Waals surface area contributed by atoms with Crippen molar-refractivity contribution in [2.75, 3.05) is 0 Å². The molecule has 0 aliphatic rings. The number of fused-ring (bicyclic) bond motifs is 1. The molecule has 5 rings (SSSR count). The maximum atomic E-state index is 12.4. The van der Waals surface area contributed by atoms with E-state index in [-0.39, 0.29) is 0 Å². The molecule has 0 unspecified atom stereocenters. The van der Waals surface area contributed by atoms with Crippen molar-refractivity contribution in [1.82, 2.24) is 4.98 Å². The van der Waals surface area contributed by atoms with E-state index in [1.165, 1.54) is 11.3 Å². The Morgan fingerprint density at radius 1 is 0.771 bits per heavy atom. The van der Waals surface area contributed by atoms with Gasteiger partial charge in [-0.25, -0.2) is 9.78 Å². The molecule has 0 bridgehead atoms. The van der Waals surface area contributed by atoms with Crippen LogP contribution in [0.1, 0.15) is 16.7 Å². The minimum Gasteiger partial charge on any atom is -0.379 e. The quantitative estimate of drug-likeness (QED) is 0.102. The summed E-state index contributed by atoms with van der Waals surface area (Å²) in [6, 6.07) is 37.2. The maximum absolute atomic E-state index is 12.4. The third-order valence-electron chi connectivity index (χ3n) is 5.36. The van der Waals surface area contributed by atoms with E-state index in [0.29, 0.717) is 4.34 Å². The van der Waals surface area contributed by atoms with Crippen LogP contribution in [0, 0.1) is 0 Å². The molecule has 0 spiro atoms. The number of carbonyl (C=O) groups excluding carboxylic acids is 1. The van der Waals surface area contributed by atoms with Crippen LogP contribution < -0.4 is 0 Å². The smallest absolute Gasteiger partial charge is 0.365 e. The minimum atomic E-state index is -1.05. The number of nitrogens with zero attached hydrogens (tertiary/aromatic N) is 2. The Kier molecular flexibility index (Phi) is 6.88. The van der Waals surface area contributed by atoms with Gasteiger partial charge in [0.1, 0.15) is 12.0 Å². The number of oxime groups is 1. The second-order valence-corrected chi connectivity index (χ2v) is 9.55. The number of hydrogen-bond donors (Lipinski definition) is 0. The van der Waals surface area contributed by atoms with E-state index in [2.05, 4.69) is 10.1 Å². The average molecular weight is 497 g/mol. The average Bonchev–Trinajstić information content (AvgIpc) is 3.35. The van der Waals surface area contributed by atoms with Crippen LogP contribution >= 0.6 is 23.4 Å². The van der Waals surface area contributed by atoms with Crippen molar-refractivity contribution in [3.63, 3.8) is 0 Å². The van der Waals surface area contributed by atoms with Crippen LogP contribution in [0.25, 0.3) is 10.2 Å². The number of thiazole rings is 1. The first-order valence-corrected chi connectivity index (χ1v) is 12.4. The number of carbonyl (C=O) groups is 1. The normalized spacial score (nSPS) is 11.5. The number of hydrogen-bond acceptors (Lipinski definition) is 7. The molecule has 1 heterocycles. The molecule has 1 aromatic heterocycles. The zero-order valence-corrected chi connectivity index (χ0v) is 20.1. The largest absolute Gasteiger partial charge is 0.379 e. The number of benzene rings is 4. The lowest BCUT2D eigenvalue weighted by Gasteiger charge is -2.33. The van der Waals surface area contributed by atoms with Crippen LogP contribution in [0.15, 0.2) is 125 Å². The van der Waals surface area contributed by atoms with Crippen molar-refractivity contribution < 1.29 is 13.8 Å². The Hall–Kier alpha value is -3.94. The molecule has 0 radical (unpaired) electrons. The fourth-order valence-corrected chi connectivity index (χ4v) is 5.35. The van der Waals surface area contributed by atoms with Gasteiger partial charge in [-0.15, -0.1) is 11.3 Å². The Morgan fingerprint density at radius 3 is 1.83 bits per heavy atom. The summed E-state index contributed by atoms with van der Waals surface area (Å²) in [5.74, 6) is -0.641. The molecule has 5 aromatic rings. The van der Waals surface area contributed by atoms with Gasteiger partial charge in [0.15, 0.2) is 10.6 Å².